The Morgan fingerprint density at radius 3 is 2.89 bits per heavy atom. The summed E-state index contributed by atoms with van der Waals surface area (Å²) in [6.07, 6.45) is 2.21. The molecule has 1 aromatic carbocycles. The molecule has 1 heterocycles. The van der Waals surface area contributed by atoms with Crippen LogP contribution in [0.25, 0.3) is 11.0 Å². The van der Waals surface area contributed by atoms with E-state index in [0.717, 1.165) is 5.39 Å². The number of phenols is 1. The highest BCUT2D eigenvalue weighted by Crippen LogP contribution is 2.34. The Labute approximate surface area is 111 Å². The molecule has 19 heavy (non-hydrogen) atoms. The maximum absolute atomic E-state index is 11.8. The fraction of sp³-hybridized carbons (Fsp3) is 0.267. The SMILES string of the molecule is C=CCc1c(O)ccc2oc(C(=O)OCC)c(C)c12. The van der Waals surface area contributed by atoms with E-state index in [-0.39, 0.29) is 11.5 Å². The summed E-state index contributed by atoms with van der Waals surface area (Å²) in [6.45, 7) is 7.49. The molecule has 100 valence electrons. The molecule has 0 aliphatic heterocycles. The van der Waals surface area contributed by atoms with Gasteiger partial charge >= 0.3 is 5.97 Å². The molecule has 0 radical (unpaired) electrons. The van der Waals surface area contributed by atoms with Crippen LogP contribution in [-0.4, -0.2) is 17.7 Å². The van der Waals surface area contributed by atoms with Gasteiger partial charge in [0.2, 0.25) is 5.76 Å². The highest BCUT2D eigenvalue weighted by atomic mass is 16.5. The molecule has 0 bridgehead atoms. The Morgan fingerprint density at radius 2 is 2.26 bits per heavy atom. The maximum Gasteiger partial charge on any atom is 0.374 e. The van der Waals surface area contributed by atoms with Crippen LogP contribution in [0.1, 0.15) is 28.6 Å². The zero-order valence-electron chi connectivity index (χ0n) is 11.0. The van der Waals surface area contributed by atoms with E-state index in [1.54, 1.807) is 32.1 Å². The fourth-order valence-corrected chi connectivity index (χ4v) is 2.15. The number of ether oxygens (including phenoxy) is 1. The summed E-state index contributed by atoms with van der Waals surface area (Å²) in [5, 5.41) is 10.7. The molecule has 0 fully saturated rings. The van der Waals surface area contributed by atoms with Crippen LogP contribution in [0.4, 0.5) is 0 Å². The molecule has 4 nitrogen and oxygen atoms in total. The second kappa shape index (κ2) is 5.18. The third-order valence-corrected chi connectivity index (χ3v) is 2.99. The lowest BCUT2D eigenvalue weighted by molar-refractivity contribution is 0.0491. The Kier molecular flexibility index (Phi) is 3.60. The number of fused-ring (bicyclic) bond motifs is 1. The number of hydrogen-bond acceptors (Lipinski definition) is 4. The second-order valence-corrected chi connectivity index (χ2v) is 4.21. The number of aromatic hydroxyl groups is 1. The monoisotopic (exact) mass is 260 g/mol. The van der Waals surface area contributed by atoms with Gasteiger partial charge in [-0.1, -0.05) is 6.08 Å². The van der Waals surface area contributed by atoms with Crippen molar-refractivity contribution in [1.82, 2.24) is 0 Å². The largest absolute Gasteiger partial charge is 0.508 e. The van der Waals surface area contributed by atoms with Crippen molar-refractivity contribution < 1.29 is 19.1 Å². The van der Waals surface area contributed by atoms with E-state index in [1.807, 2.05) is 0 Å². The first-order valence-electron chi connectivity index (χ1n) is 6.12. The van der Waals surface area contributed by atoms with Gasteiger partial charge in [-0.05, 0) is 32.4 Å². The number of phenolic OH excluding ortho intramolecular Hbond substituents is 1. The first-order valence-corrected chi connectivity index (χ1v) is 6.12. The first kappa shape index (κ1) is 13.2. The molecule has 1 N–H and O–H groups in total. The molecule has 1 aromatic heterocycles. The minimum absolute atomic E-state index is 0.173. The number of rotatable bonds is 4. The maximum atomic E-state index is 11.8. The molecule has 2 rings (SSSR count). The van der Waals surface area contributed by atoms with Gasteiger partial charge in [0.25, 0.3) is 0 Å². The molecule has 2 aromatic rings. The molecule has 0 amide bonds. The van der Waals surface area contributed by atoms with Gasteiger partial charge in [-0.2, -0.15) is 0 Å². The van der Waals surface area contributed by atoms with Crippen LogP contribution in [0.5, 0.6) is 5.75 Å². The van der Waals surface area contributed by atoms with Crippen molar-refractivity contribution in [2.75, 3.05) is 6.61 Å². The predicted molar refractivity (Wildman–Crippen MR) is 72.5 cm³/mol. The van der Waals surface area contributed by atoms with E-state index < -0.39 is 5.97 Å². The van der Waals surface area contributed by atoms with Crippen LogP contribution in [0.2, 0.25) is 0 Å². The van der Waals surface area contributed by atoms with Crippen molar-refractivity contribution >= 4 is 16.9 Å². The van der Waals surface area contributed by atoms with Crippen molar-refractivity contribution in [1.29, 1.82) is 0 Å². The summed E-state index contributed by atoms with van der Waals surface area (Å²) in [6, 6.07) is 3.20. The van der Waals surface area contributed by atoms with Crippen molar-refractivity contribution in [3.63, 3.8) is 0 Å². The van der Waals surface area contributed by atoms with Gasteiger partial charge in [-0.25, -0.2) is 4.79 Å². The van der Waals surface area contributed by atoms with Gasteiger partial charge in [0.15, 0.2) is 0 Å². The fourth-order valence-electron chi connectivity index (χ4n) is 2.15. The molecule has 0 atom stereocenters. The van der Waals surface area contributed by atoms with Gasteiger partial charge in [-0.15, -0.1) is 6.58 Å². The lowest BCUT2D eigenvalue weighted by atomic mass is 10.0. The first-order chi connectivity index (χ1) is 9.10. The normalized spacial score (nSPS) is 10.6. The lowest BCUT2D eigenvalue weighted by Crippen LogP contribution is -2.04. The summed E-state index contributed by atoms with van der Waals surface area (Å²) >= 11 is 0. The van der Waals surface area contributed by atoms with Gasteiger partial charge in [0.1, 0.15) is 11.3 Å². The van der Waals surface area contributed by atoms with Gasteiger partial charge in [-0.3, -0.25) is 0 Å². The number of carbonyl (C=O) groups is 1. The molecular formula is C15H16O4. The average Bonchev–Trinajstić information content (AvgIpc) is 2.71. The predicted octanol–water partition coefficient (Wildman–Crippen LogP) is 3.35. The summed E-state index contributed by atoms with van der Waals surface area (Å²) in [4.78, 5) is 11.8. The summed E-state index contributed by atoms with van der Waals surface area (Å²) in [5.74, 6) is -0.125. The Balaban J connectivity index is 2.66. The van der Waals surface area contributed by atoms with Gasteiger partial charge < -0.3 is 14.3 Å². The number of aryl methyl sites for hydroxylation is 1. The zero-order valence-corrected chi connectivity index (χ0v) is 11.0. The van der Waals surface area contributed by atoms with Crippen LogP contribution >= 0.6 is 0 Å². The van der Waals surface area contributed by atoms with Crippen molar-refractivity contribution in [3.8, 4) is 5.75 Å². The third kappa shape index (κ3) is 2.21. The molecule has 4 heteroatoms. The summed E-state index contributed by atoms with van der Waals surface area (Å²) in [7, 11) is 0. The molecule has 0 aliphatic carbocycles. The van der Waals surface area contributed by atoms with Crippen LogP contribution in [-0.2, 0) is 11.2 Å². The number of carbonyl (C=O) groups excluding carboxylic acids is 1. The Hall–Kier alpha value is -2.23. The lowest BCUT2D eigenvalue weighted by Gasteiger charge is -2.03. The van der Waals surface area contributed by atoms with Crippen molar-refractivity contribution in [2.24, 2.45) is 0 Å². The van der Waals surface area contributed by atoms with Crippen LogP contribution in [0.3, 0.4) is 0 Å². The molecule has 0 saturated heterocycles. The van der Waals surface area contributed by atoms with E-state index in [4.69, 9.17) is 9.15 Å². The van der Waals surface area contributed by atoms with E-state index >= 15 is 0 Å². The highest BCUT2D eigenvalue weighted by Gasteiger charge is 2.21. The molecule has 0 saturated carbocycles. The minimum atomic E-state index is -0.486. The van der Waals surface area contributed by atoms with Crippen molar-refractivity contribution in [2.45, 2.75) is 20.3 Å². The third-order valence-electron chi connectivity index (χ3n) is 2.99. The topological polar surface area (TPSA) is 59.7 Å². The minimum Gasteiger partial charge on any atom is -0.508 e. The van der Waals surface area contributed by atoms with Crippen LogP contribution in [0, 0.1) is 6.92 Å². The average molecular weight is 260 g/mol. The molecule has 0 spiro atoms. The van der Waals surface area contributed by atoms with Gasteiger partial charge in [0, 0.05) is 16.5 Å². The van der Waals surface area contributed by atoms with E-state index in [1.165, 1.54) is 0 Å². The smallest absolute Gasteiger partial charge is 0.374 e. The van der Waals surface area contributed by atoms with Gasteiger partial charge in [0.05, 0.1) is 6.61 Å². The number of benzene rings is 1. The quantitative estimate of drug-likeness (QED) is 0.676. The number of esters is 1. The van der Waals surface area contributed by atoms with E-state index in [2.05, 4.69) is 6.58 Å². The highest BCUT2D eigenvalue weighted by molar-refractivity contribution is 5.98. The number of allylic oxidation sites excluding steroid dienone is 1. The Morgan fingerprint density at radius 1 is 1.53 bits per heavy atom. The van der Waals surface area contributed by atoms with Crippen LogP contribution in [0.15, 0.2) is 29.2 Å². The standard InChI is InChI=1S/C15H16O4/c1-4-6-10-11(16)7-8-12-13(10)9(3)14(19-12)15(17)18-5-2/h4,7-8,16H,1,5-6H2,2-3H3. The zero-order chi connectivity index (χ0) is 14.0. The van der Waals surface area contributed by atoms with Crippen LogP contribution < -0.4 is 0 Å². The molecular weight excluding hydrogens is 244 g/mol. The summed E-state index contributed by atoms with van der Waals surface area (Å²) in [5.41, 5.74) is 1.96. The number of furan rings is 1. The number of hydrogen-bond donors (Lipinski definition) is 1. The summed E-state index contributed by atoms with van der Waals surface area (Å²) < 4.78 is 10.5. The van der Waals surface area contributed by atoms with E-state index in [0.29, 0.717) is 29.7 Å². The Bertz CT molecular complexity index is 637. The second-order valence-electron chi connectivity index (χ2n) is 4.21. The van der Waals surface area contributed by atoms with E-state index in [9.17, 15) is 9.90 Å². The van der Waals surface area contributed by atoms with Crippen molar-refractivity contribution in [3.05, 3.63) is 41.7 Å². The molecule has 0 unspecified atom stereocenters. The molecule has 0 aliphatic rings.